The number of hydrogen-bond acceptors (Lipinski definition) is 4. The number of halogens is 3. The first kappa shape index (κ1) is 19.9. The van der Waals surface area contributed by atoms with Crippen molar-refractivity contribution in [3.63, 3.8) is 0 Å². The van der Waals surface area contributed by atoms with Gasteiger partial charge in [0.2, 0.25) is 5.91 Å². The van der Waals surface area contributed by atoms with Gasteiger partial charge in [-0.3, -0.25) is 14.4 Å². The van der Waals surface area contributed by atoms with Gasteiger partial charge in [-0.25, -0.2) is 18.0 Å². The summed E-state index contributed by atoms with van der Waals surface area (Å²) in [6.45, 7) is 2.92. The van der Waals surface area contributed by atoms with Crippen molar-refractivity contribution in [2.45, 2.75) is 57.3 Å². The summed E-state index contributed by atoms with van der Waals surface area (Å²) in [5.74, 6) is -4.56. The third kappa shape index (κ3) is 3.24. The van der Waals surface area contributed by atoms with E-state index in [1.807, 2.05) is 6.92 Å². The van der Waals surface area contributed by atoms with Gasteiger partial charge in [0.1, 0.15) is 5.60 Å². The summed E-state index contributed by atoms with van der Waals surface area (Å²) in [6.07, 6.45) is 3.63. The van der Waals surface area contributed by atoms with Crippen LogP contribution < -0.4 is 4.90 Å². The van der Waals surface area contributed by atoms with E-state index in [0.717, 1.165) is 31.4 Å². The minimum atomic E-state index is -1.56. The molecule has 7 nitrogen and oxygen atoms in total. The smallest absolute Gasteiger partial charge is 0.415 e. The number of aromatic nitrogens is 2. The number of benzene rings is 1. The zero-order valence-corrected chi connectivity index (χ0v) is 16.9. The highest BCUT2D eigenvalue weighted by molar-refractivity contribution is 5.91. The van der Waals surface area contributed by atoms with Crippen LogP contribution in [0, 0.1) is 17.5 Å². The molecule has 164 valence electrons. The number of carbonyl (C=O) groups excluding carboxylic acids is 2. The first-order chi connectivity index (χ1) is 14.8. The van der Waals surface area contributed by atoms with Gasteiger partial charge in [0, 0.05) is 6.04 Å². The molecule has 1 atom stereocenters. The Kier molecular flexibility index (Phi) is 4.49. The third-order valence-corrected chi connectivity index (χ3v) is 6.46. The van der Waals surface area contributed by atoms with Crippen LogP contribution in [0.3, 0.4) is 0 Å². The molecule has 2 aliphatic heterocycles. The van der Waals surface area contributed by atoms with Crippen molar-refractivity contribution in [3.05, 3.63) is 47.0 Å². The van der Waals surface area contributed by atoms with Crippen molar-refractivity contribution in [3.8, 4) is 0 Å². The minimum Gasteiger partial charge on any atom is -0.441 e. The van der Waals surface area contributed by atoms with Gasteiger partial charge >= 0.3 is 6.09 Å². The highest BCUT2D eigenvalue weighted by Gasteiger charge is 2.50. The Hall–Kier alpha value is -3.04. The van der Waals surface area contributed by atoms with Gasteiger partial charge < -0.3 is 9.64 Å². The molecule has 2 aromatic rings. The number of amides is 2. The van der Waals surface area contributed by atoms with E-state index >= 15 is 0 Å². The molecule has 1 aromatic carbocycles. The van der Waals surface area contributed by atoms with Gasteiger partial charge in [-0.2, -0.15) is 5.10 Å². The Bertz CT molecular complexity index is 1060. The van der Waals surface area contributed by atoms with Crippen LogP contribution in [0.4, 0.5) is 23.7 Å². The van der Waals surface area contributed by atoms with Crippen molar-refractivity contribution in [2.24, 2.45) is 0 Å². The average molecular weight is 434 g/mol. The summed E-state index contributed by atoms with van der Waals surface area (Å²) in [6, 6.07) is 1.45. The zero-order valence-electron chi connectivity index (χ0n) is 16.9. The summed E-state index contributed by atoms with van der Waals surface area (Å²) in [5.41, 5.74) is 0.955. The fourth-order valence-electron chi connectivity index (χ4n) is 4.57. The molecule has 0 unspecified atom stereocenters. The first-order valence-corrected chi connectivity index (χ1v) is 10.2. The van der Waals surface area contributed by atoms with E-state index in [4.69, 9.17) is 4.74 Å². The third-order valence-electron chi connectivity index (χ3n) is 6.46. The van der Waals surface area contributed by atoms with E-state index in [9.17, 15) is 22.8 Å². The highest BCUT2D eigenvalue weighted by Crippen LogP contribution is 2.43. The molecule has 31 heavy (non-hydrogen) atoms. The van der Waals surface area contributed by atoms with E-state index in [0.29, 0.717) is 24.5 Å². The van der Waals surface area contributed by atoms with Gasteiger partial charge in [-0.1, -0.05) is 0 Å². The van der Waals surface area contributed by atoms with Crippen molar-refractivity contribution >= 4 is 17.7 Å². The molecule has 1 aliphatic carbocycles. The highest BCUT2D eigenvalue weighted by atomic mass is 19.2. The molecule has 3 heterocycles. The Morgan fingerprint density at radius 1 is 1.26 bits per heavy atom. The van der Waals surface area contributed by atoms with E-state index < -0.39 is 29.1 Å². The first-order valence-electron chi connectivity index (χ1n) is 10.2. The van der Waals surface area contributed by atoms with Crippen LogP contribution in [-0.2, 0) is 29.0 Å². The van der Waals surface area contributed by atoms with Crippen molar-refractivity contribution in [2.75, 3.05) is 11.4 Å². The summed E-state index contributed by atoms with van der Waals surface area (Å²) in [7, 11) is 0. The van der Waals surface area contributed by atoms with Gasteiger partial charge in [-0.15, -0.1) is 0 Å². The van der Waals surface area contributed by atoms with Gasteiger partial charge in [0.15, 0.2) is 17.5 Å². The topological polar surface area (TPSA) is 67.7 Å². The van der Waals surface area contributed by atoms with Crippen molar-refractivity contribution in [1.29, 1.82) is 0 Å². The predicted octanol–water partition coefficient (Wildman–Crippen LogP) is 3.15. The molecular weight excluding hydrogens is 413 g/mol. The number of rotatable bonds is 3. The summed E-state index contributed by atoms with van der Waals surface area (Å²) in [5, 5.41) is 4.38. The fraction of sp³-hybridized carbons (Fsp3) is 0.476. The largest absolute Gasteiger partial charge is 0.441 e. The molecule has 0 bridgehead atoms. The van der Waals surface area contributed by atoms with Crippen molar-refractivity contribution in [1.82, 2.24) is 14.7 Å². The van der Waals surface area contributed by atoms with E-state index in [1.165, 1.54) is 0 Å². The van der Waals surface area contributed by atoms with Crippen LogP contribution in [0.5, 0.6) is 0 Å². The second-order valence-electron chi connectivity index (χ2n) is 8.57. The molecule has 1 spiro atoms. The molecule has 0 N–H and O–H groups in total. The molecule has 2 amide bonds. The lowest BCUT2D eigenvalue weighted by Crippen LogP contribution is -2.46. The quantitative estimate of drug-likeness (QED) is 0.696. The molecular formula is C21H21F3N4O3. The number of ether oxygens (including phenoxy) is 1. The monoisotopic (exact) mass is 434 g/mol. The van der Waals surface area contributed by atoms with Crippen LogP contribution in [0.2, 0.25) is 0 Å². The second-order valence-corrected chi connectivity index (χ2v) is 8.57. The van der Waals surface area contributed by atoms with Gasteiger partial charge in [0.25, 0.3) is 0 Å². The average Bonchev–Trinajstić information content (AvgIpc) is 3.25. The fourth-order valence-corrected chi connectivity index (χ4v) is 4.57. The number of fused-ring (bicyclic) bond motifs is 1. The van der Waals surface area contributed by atoms with E-state index in [2.05, 4.69) is 5.10 Å². The standard InChI is InChI=1S/C21H21F3N4O3/c1-12-9-28-17(16(8-25-28)27-11-21(3-2-4-21)31-20(27)30)10-26(12)18(29)7-13-5-14(22)19(24)15(23)6-13/h5-6,8,12H,2-4,7,9-11H2,1H3/t12-/m0/s1. The predicted molar refractivity (Wildman–Crippen MR) is 103 cm³/mol. The minimum absolute atomic E-state index is 0.0583. The maximum absolute atomic E-state index is 13.5. The molecule has 1 saturated carbocycles. The number of carbonyl (C=O) groups is 2. The van der Waals surface area contributed by atoms with E-state index in [-0.39, 0.29) is 30.5 Å². The lowest BCUT2D eigenvalue weighted by Gasteiger charge is -2.36. The molecule has 0 radical (unpaired) electrons. The summed E-state index contributed by atoms with van der Waals surface area (Å²) < 4.78 is 47.6. The molecule has 2 fully saturated rings. The Balaban J connectivity index is 1.37. The Morgan fingerprint density at radius 2 is 1.97 bits per heavy atom. The van der Waals surface area contributed by atoms with Crippen LogP contribution in [-0.4, -0.2) is 44.9 Å². The van der Waals surface area contributed by atoms with Crippen LogP contribution in [0.15, 0.2) is 18.3 Å². The SMILES string of the molecule is C[C@H]1Cn2ncc(N3CC4(CCC4)OC3=O)c2CN1C(=O)Cc1cc(F)c(F)c(F)c1. The van der Waals surface area contributed by atoms with Crippen LogP contribution >= 0.6 is 0 Å². The lowest BCUT2D eigenvalue weighted by molar-refractivity contribution is -0.134. The normalized spacial score (nSPS) is 21.8. The van der Waals surface area contributed by atoms with Crippen LogP contribution in [0.1, 0.15) is 37.4 Å². The number of nitrogens with zero attached hydrogens (tertiary/aromatic N) is 4. The molecule has 10 heteroatoms. The molecule has 3 aliphatic rings. The maximum Gasteiger partial charge on any atom is 0.415 e. The second kappa shape index (κ2) is 7.00. The Labute approximate surface area is 176 Å². The number of anilines is 1. The summed E-state index contributed by atoms with van der Waals surface area (Å²) >= 11 is 0. The van der Waals surface area contributed by atoms with E-state index in [1.54, 1.807) is 20.7 Å². The summed E-state index contributed by atoms with van der Waals surface area (Å²) in [4.78, 5) is 28.5. The van der Waals surface area contributed by atoms with Gasteiger partial charge in [-0.05, 0) is 43.9 Å². The van der Waals surface area contributed by atoms with Crippen molar-refractivity contribution < 1.29 is 27.5 Å². The molecule has 1 saturated heterocycles. The molecule has 1 aromatic heterocycles. The zero-order chi connectivity index (χ0) is 21.9. The Morgan fingerprint density at radius 3 is 2.58 bits per heavy atom. The maximum atomic E-state index is 13.5. The van der Waals surface area contributed by atoms with Gasteiger partial charge in [0.05, 0.1) is 43.6 Å². The lowest BCUT2D eigenvalue weighted by atomic mass is 9.80. The van der Waals surface area contributed by atoms with Crippen LogP contribution in [0.25, 0.3) is 0 Å². The number of hydrogen-bond donors (Lipinski definition) is 0. The molecule has 5 rings (SSSR count).